The Kier molecular flexibility index (Phi) is 4.61. The fourth-order valence-electron chi connectivity index (χ4n) is 1.59. The summed E-state index contributed by atoms with van der Waals surface area (Å²) >= 11 is 0. The molecule has 9 nitrogen and oxygen atoms in total. The zero-order valence-corrected chi connectivity index (χ0v) is 11.4. The van der Waals surface area contributed by atoms with Crippen molar-refractivity contribution in [3.63, 3.8) is 0 Å². The second kappa shape index (κ2) is 6.41. The SMILES string of the molecule is NNc1ccncc1S(=O)(=O)NCCCn1ccnn1. The van der Waals surface area contributed by atoms with E-state index in [1.165, 1.54) is 18.5 Å². The second-order valence-electron chi connectivity index (χ2n) is 3.93. The zero-order valence-electron chi connectivity index (χ0n) is 10.6. The Morgan fingerprint density at radius 1 is 1.35 bits per heavy atom. The monoisotopic (exact) mass is 297 g/mol. The largest absolute Gasteiger partial charge is 0.323 e. The first-order valence-corrected chi connectivity index (χ1v) is 7.36. The summed E-state index contributed by atoms with van der Waals surface area (Å²) in [6.45, 7) is 0.860. The van der Waals surface area contributed by atoms with Crippen molar-refractivity contribution >= 4 is 15.7 Å². The van der Waals surface area contributed by atoms with Crippen molar-refractivity contribution in [2.75, 3.05) is 12.0 Å². The standard InChI is InChI=1S/C10H15N7O2S/c11-15-9-2-4-12-8-10(9)20(18,19)14-3-1-6-17-7-5-13-16-17/h2,4-5,7-8,14H,1,3,6,11H2,(H,12,15). The second-order valence-corrected chi connectivity index (χ2v) is 5.67. The van der Waals surface area contributed by atoms with Crippen LogP contribution >= 0.6 is 0 Å². The minimum absolute atomic E-state index is 0.0169. The van der Waals surface area contributed by atoms with E-state index in [0.29, 0.717) is 18.7 Å². The molecule has 2 rings (SSSR count). The van der Waals surface area contributed by atoms with Crippen LogP contribution < -0.4 is 16.0 Å². The predicted octanol–water partition coefficient (Wildman–Crippen LogP) is -0.673. The van der Waals surface area contributed by atoms with E-state index in [-0.39, 0.29) is 11.4 Å². The molecule has 0 radical (unpaired) electrons. The van der Waals surface area contributed by atoms with Crippen LogP contribution in [0, 0.1) is 0 Å². The van der Waals surface area contributed by atoms with Crippen LogP contribution in [0.3, 0.4) is 0 Å². The number of nitrogen functional groups attached to an aromatic ring is 1. The van der Waals surface area contributed by atoms with Crippen molar-refractivity contribution in [1.82, 2.24) is 24.7 Å². The summed E-state index contributed by atoms with van der Waals surface area (Å²) in [6.07, 6.45) is 6.58. The maximum Gasteiger partial charge on any atom is 0.244 e. The molecule has 10 heteroatoms. The summed E-state index contributed by atoms with van der Waals surface area (Å²) in [5.74, 6) is 5.28. The van der Waals surface area contributed by atoms with E-state index in [1.54, 1.807) is 17.1 Å². The number of rotatable bonds is 7. The van der Waals surface area contributed by atoms with Crippen LogP contribution in [0.2, 0.25) is 0 Å². The highest BCUT2D eigenvalue weighted by Gasteiger charge is 2.17. The van der Waals surface area contributed by atoms with Gasteiger partial charge in [-0.1, -0.05) is 5.21 Å². The lowest BCUT2D eigenvalue weighted by Gasteiger charge is -2.10. The van der Waals surface area contributed by atoms with E-state index < -0.39 is 10.0 Å². The first-order chi connectivity index (χ1) is 9.63. The number of nitrogens with zero attached hydrogens (tertiary/aromatic N) is 4. The number of aromatic nitrogens is 4. The van der Waals surface area contributed by atoms with Gasteiger partial charge in [0.05, 0.1) is 11.9 Å². The van der Waals surface area contributed by atoms with Gasteiger partial charge in [-0.15, -0.1) is 5.10 Å². The molecule has 0 aliphatic carbocycles. The van der Waals surface area contributed by atoms with Gasteiger partial charge in [-0.25, -0.2) is 13.1 Å². The maximum atomic E-state index is 12.1. The van der Waals surface area contributed by atoms with Crippen molar-refractivity contribution < 1.29 is 8.42 Å². The zero-order chi connectivity index (χ0) is 14.4. The number of sulfonamides is 1. The van der Waals surface area contributed by atoms with Gasteiger partial charge in [0.2, 0.25) is 10.0 Å². The van der Waals surface area contributed by atoms with Crippen molar-refractivity contribution in [1.29, 1.82) is 0 Å². The Morgan fingerprint density at radius 2 is 2.20 bits per heavy atom. The molecule has 0 aromatic carbocycles. The van der Waals surface area contributed by atoms with Crippen LogP contribution in [-0.2, 0) is 16.6 Å². The summed E-state index contributed by atoms with van der Waals surface area (Å²) in [7, 11) is -3.64. The number of anilines is 1. The molecule has 0 spiro atoms. The van der Waals surface area contributed by atoms with Crippen LogP contribution in [0.5, 0.6) is 0 Å². The molecular formula is C10H15N7O2S. The maximum absolute atomic E-state index is 12.1. The highest BCUT2D eigenvalue weighted by atomic mass is 32.2. The molecule has 0 aliphatic rings. The predicted molar refractivity (Wildman–Crippen MR) is 71.9 cm³/mol. The van der Waals surface area contributed by atoms with Gasteiger partial charge in [0.15, 0.2) is 0 Å². The summed E-state index contributed by atoms with van der Waals surface area (Å²) in [4.78, 5) is 3.81. The van der Waals surface area contributed by atoms with E-state index in [9.17, 15) is 8.42 Å². The van der Waals surface area contributed by atoms with Gasteiger partial charge in [0, 0.05) is 31.7 Å². The number of hydrogen-bond acceptors (Lipinski definition) is 7. The van der Waals surface area contributed by atoms with E-state index >= 15 is 0 Å². The molecule has 0 saturated carbocycles. The number of hydrogen-bond donors (Lipinski definition) is 3. The van der Waals surface area contributed by atoms with Gasteiger partial charge in [-0.2, -0.15) is 0 Å². The number of nitrogens with one attached hydrogen (secondary N) is 2. The lowest BCUT2D eigenvalue weighted by Crippen LogP contribution is -2.27. The smallest absolute Gasteiger partial charge is 0.244 e. The topological polar surface area (TPSA) is 128 Å². The fraction of sp³-hybridized carbons (Fsp3) is 0.300. The summed E-state index contributed by atoms with van der Waals surface area (Å²) in [5.41, 5.74) is 2.63. The van der Waals surface area contributed by atoms with Gasteiger partial charge < -0.3 is 5.43 Å². The normalized spacial score (nSPS) is 11.4. The number of pyridine rings is 1. The third-order valence-electron chi connectivity index (χ3n) is 2.56. The van der Waals surface area contributed by atoms with Crippen molar-refractivity contribution in [2.45, 2.75) is 17.9 Å². The summed E-state index contributed by atoms with van der Waals surface area (Å²) < 4.78 is 28.3. The van der Waals surface area contributed by atoms with E-state index in [0.717, 1.165) is 0 Å². The van der Waals surface area contributed by atoms with E-state index in [2.05, 4.69) is 25.4 Å². The Hall–Kier alpha value is -2.04. The minimum atomic E-state index is -3.64. The average molecular weight is 297 g/mol. The van der Waals surface area contributed by atoms with E-state index in [1.807, 2.05) is 0 Å². The molecule has 20 heavy (non-hydrogen) atoms. The quantitative estimate of drug-likeness (QED) is 0.351. The molecule has 2 heterocycles. The first kappa shape index (κ1) is 14.4. The van der Waals surface area contributed by atoms with Gasteiger partial charge in [0.1, 0.15) is 4.90 Å². The Bertz CT molecular complexity index is 641. The molecule has 0 atom stereocenters. The molecule has 0 unspecified atom stereocenters. The molecule has 2 aromatic rings. The minimum Gasteiger partial charge on any atom is -0.323 e. The Morgan fingerprint density at radius 3 is 2.90 bits per heavy atom. The van der Waals surface area contributed by atoms with Crippen molar-refractivity contribution in [3.8, 4) is 0 Å². The molecule has 0 bridgehead atoms. The summed E-state index contributed by atoms with van der Waals surface area (Å²) in [5, 5.41) is 7.45. The van der Waals surface area contributed by atoms with Crippen LogP contribution in [0.1, 0.15) is 6.42 Å². The fourth-order valence-corrected chi connectivity index (χ4v) is 2.78. The van der Waals surface area contributed by atoms with Gasteiger partial charge in [0.25, 0.3) is 0 Å². The molecule has 0 aliphatic heterocycles. The van der Waals surface area contributed by atoms with Crippen molar-refractivity contribution in [2.24, 2.45) is 5.84 Å². The molecule has 0 saturated heterocycles. The van der Waals surface area contributed by atoms with Crippen LogP contribution in [0.25, 0.3) is 0 Å². The lowest BCUT2D eigenvalue weighted by atomic mass is 10.4. The average Bonchev–Trinajstić information content (AvgIpc) is 2.97. The van der Waals surface area contributed by atoms with Gasteiger partial charge in [-0.05, 0) is 12.5 Å². The molecule has 108 valence electrons. The van der Waals surface area contributed by atoms with Crippen LogP contribution in [0.15, 0.2) is 35.7 Å². The van der Waals surface area contributed by atoms with Crippen LogP contribution in [-0.4, -0.2) is 34.9 Å². The number of aryl methyl sites for hydroxylation is 1. The number of nitrogens with two attached hydrogens (primary N) is 1. The van der Waals surface area contributed by atoms with Crippen molar-refractivity contribution in [3.05, 3.63) is 30.9 Å². The molecule has 0 amide bonds. The number of hydrazine groups is 1. The lowest BCUT2D eigenvalue weighted by molar-refractivity contribution is 0.542. The van der Waals surface area contributed by atoms with Gasteiger partial charge >= 0.3 is 0 Å². The van der Waals surface area contributed by atoms with Gasteiger partial charge in [-0.3, -0.25) is 15.5 Å². The molecule has 0 fully saturated rings. The molecule has 4 N–H and O–H groups in total. The van der Waals surface area contributed by atoms with Crippen LogP contribution in [0.4, 0.5) is 5.69 Å². The first-order valence-electron chi connectivity index (χ1n) is 5.88. The Balaban J connectivity index is 1.94. The summed E-state index contributed by atoms with van der Waals surface area (Å²) in [6, 6.07) is 1.49. The third-order valence-corrected chi connectivity index (χ3v) is 4.05. The third kappa shape index (κ3) is 3.50. The van der Waals surface area contributed by atoms with E-state index in [4.69, 9.17) is 5.84 Å². The Labute approximate surface area is 116 Å². The highest BCUT2D eigenvalue weighted by Crippen LogP contribution is 2.17. The molecular weight excluding hydrogens is 282 g/mol. The highest BCUT2D eigenvalue weighted by molar-refractivity contribution is 7.89. The molecule has 2 aromatic heterocycles.